The van der Waals surface area contributed by atoms with Gasteiger partial charge in [-0.1, -0.05) is 42.5 Å². The molecule has 37 heavy (non-hydrogen) atoms. The Morgan fingerprint density at radius 1 is 0.973 bits per heavy atom. The molecule has 1 fully saturated rings. The van der Waals surface area contributed by atoms with E-state index >= 15 is 0 Å². The SMILES string of the molecule is CCOc1ccc(N(CC(=O)NCc2ccccc2CN2CCCC2=O)S(=O)(=O)c2ccccc2)cc1. The van der Waals surface area contributed by atoms with Gasteiger partial charge in [0, 0.05) is 26.1 Å². The number of carbonyl (C=O) groups excluding carboxylic acids is 2. The van der Waals surface area contributed by atoms with Crippen LogP contribution in [0.3, 0.4) is 0 Å². The maximum atomic E-state index is 13.5. The third-order valence-electron chi connectivity index (χ3n) is 6.18. The first-order valence-electron chi connectivity index (χ1n) is 12.3. The number of ether oxygens (including phenoxy) is 1. The number of sulfonamides is 1. The van der Waals surface area contributed by atoms with Crippen molar-refractivity contribution < 1.29 is 22.7 Å². The highest BCUT2D eigenvalue weighted by Crippen LogP contribution is 2.26. The minimum atomic E-state index is -4.00. The monoisotopic (exact) mass is 521 g/mol. The van der Waals surface area contributed by atoms with Crippen LogP contribution in [0.25, 0.3) is 0 Å². The summed E-state index contributed by atoms with van der Waals surface area (Å²) in [5.41, 5.74) is 2.20. The summed E-state index contributed by atoms with van der Waals surface area (Å²) in [5, 5.41) is 2.86. The molecule has 1 N–H and O–H groups in total. The Labute approximate surface area is 217 Å². The van der Waals surface area contributed by atoms with Crippen LogP contribution in [0, 0.1) is 0 Å². The molecule has 9 heteroatoms. The highest BCUT2D eigenvalue weighted by Gasteiger charge is 2.27. The largest absolute Gasteiger partial charge is 0.494 e. The molecule has 2 amide bonds. The van der Waals surface area contributed by atoms with E-state index in [1.807, 2.05) is 36.1 Å². The van der Waals surface area contributed by atoms with Gasteiger partial charge < -0.3 is 15.0 Å². The zero-order chi connectivity index (χ0) is 26.3. The summed E-state index contributed by atoms with van der Waals surface area (Å²) >= 11 is 0. The highest BCUT2D eigenvalue weighted by molar-refractivity contribution is 7.92. The van der Waals surface area contributed by atoms with Crippen LogP contribution in [-0.2, 0) is 32.7 Å². The van der Waals surface area contributed by atoms with Gasteiger partial charge in [-0.2, -0.15) is 0 Å². The van der Waals surface area contributed by atoms with Gasteiger partial charge in [-0.25, -0.2) is 8.42 Å². The van der Waals surface area contributed by atoms with E-state index in [0.29, 0.717) is 31.0 Å². The van der Waals surface area contributed by atoms with Gasteiger partial charge in [0.05, 0.1) is 17.2 Å². The molecule has 3 aromatic carbocycles. The predicted molar refractivity (Wildman–Crippen MR) is 142 cm³/mol. The van der Waals surface area contributed by atoms with Crippen molar-refractivity contribution in [2.45, 2.75) is 37.8 Å². The number of rotatable bonds is 11. The third-order valence-corrected chi connectivity index (χ3v) is 7.97. The van der Waals surface area contributed by atoms with Gasteiger partial charge in [0.25, 0.3) is 10.0 Å². The lowest BCUT2D eigenvalue weighted by Gasteiger charge is -2.24. The maximum absolute atomic E-state index is 13.5. The van der Waals surface area contributed by atoms with E-state index in [2.05, 4.69) is 5.32 Å². The van der Waals surface area contributed by atoms with Gasteiger partial charge in [0.15, 0.2) is 0 Å². The summed E-state index contributed by atoms with van der Waals surface area (Å²) in [7, 11) is -4.00. The zero-order valence-electron chi connectivity index (χ0n) is 20.8. The summed E-state index contributed by atoms with van der Waals surface area (Å²) in [6, 6.07) is 22.3. The van der Waals surface area contributed by atoms with Crippen molar-refractivity contribution in [2.24, 2.45) is 0 Å². The topological polar surface area (TPSA) is 96.0 Å². The van der Waals surface area contributed by atoms with Crippen LogP contribution in [0.15, 0.2) is 83.8 Å². The zero-order valence-corrected chi connectivity index (χ0v) is 21.6. The second kappa shape index (κ2) is 11.9. The smallest absolute Gasteiger partial charge is 0.264 e. The normalized spacial score (nSPS) is 13.4. The molecule has 3 aromatic rings. The number of carbonyl (C=O) groups is 2. The van der Waals surface area contributed by atoms with E-state index in [1.165, 1.54) is 12.1 Å². The number of nitrogens with one attached hydrogen (secondary N) is 1. The molecule has 1 aliphatic heterocycles. The molecule has 0 unspecified atom stereocenters. The van der Waals surface area contributed by atoms with Crippen LogP contribution in [0.5, 0.6) is 5.75 Å². The summed E-state index contributed by atoms with van der Waals surface area (Å²) in [6.45, 7) is 3.41. The Balaban J connectivity index is 1.51. The average molecular weight is 522 g/mol. The molecule has 8 nitrogen and oxygen atoms in total. The Hall–Kier alpha value is -3.85. The first-order chi connectivity index (χ1) is 17.9. The molecule has 0 aromatic heterocycles. The van der Waals surface area contributed by atoms with E-state index in [4.69, 9.17) is 4.74 Å². The van der Waals surface area contributed by atoms with Gasteiger partial charge in [0.2, 0.25) is 11.8 Å². The molecule has 194 valence electrons. The number of hydrogen-bond donors (Lipinski definition) is 1. The van der Waals surface area contributed by atoms with E-state index in [9.17, 15) is 18.0 Å². The van der Waals surface area contributed by atoms with Crippen molar-refractivity contribution in [3.63, 3.8) is 0 Å². The number of nitrogens with zero attached hydrogens (tertiary/aromatic N) is 2. The fourth-order valence-electron chi connectivity index (χ4n) is 4.25. The quantitative estimate of drug-likeness (QED) is 0.415. The van der Waals surface area contributed by atoms with E-state index in [0.717, 1.165) is 28.4 Å². The van der Waals surface area contributed by atoms with Crippen molar-refractivity contribution in [2.75, 3.05) is 24.0 Å². The number of benzene rings is 3. The number of anilines is 1. The minimum absolute atomic E-state index is 0.0947. The molecule has 1 saturated heterocycles. The van der Waals surface area contributed by atoms with Crippen LogP contribution >= 0.6 is 0 Å². The van der Waals surface area contributed by atoms with Gasteiger partial charge in [0.1, 0.15) is 12.3 Å². The predicted octanol–water partition coefficient (Wildman–Crippen LogP) is 3.72. The Kier molecular flexibility index (Phi) is 8.45. The van der Waals surface area contributed by atoms with E-state index < -0.39 is 22.5 Å². The van der Waals surface area contributed by atoms with Crippen LogP contribution in [-0.4, -0.2) is 44.8 Å². The van der Waals surface area contributed by atoms with Crippen molar-refractivity contribution in [3.05, 3.63) is 90.0 Å². The van der Waals surface area contributed by atoms with Crippen molar-refractivity contribution in [1.82, 2.24) is 10.2 Å². The Bertz CT molecular complexity index is 1330. The molecule has 0 spiro atoms. The van der Waals surface area contributed by atoms with Crippen LogP contribution in [0.4, 0.5) is 5.69 Å². The fourth-order valence-corrected chi connectivity index (χ4v) is 5.69. The number of amides is 2. The average Bonchev–Trinajstić information content (AvgIpc) is 3.32. The van der Waals surface area contributed by atoms with Gasteiger partial charge in [-0.15, -0.1) is 0 Å². The van der Waals surface area contributed by atoms with Crippen molar-refractivity contribution in [1.29, 1.82) is 0 Å². The minimum Gasteiger partial charge on any atom is -0.494 e. The van der Waals surface area contributed by atoms with Crippen molar-refractivity contribution >= 4 is 27.5 Å². The number of hydrogen-bond acceptors (Lipinski definition) is 5. The van der Waals surface area contributed by atoms with Crippen molar-refractivity contribution in [3.8, 4) is 5.75 Å². The lowest BCUT2D eigenvalue weighted by atomic mass is 10.1. The maximum Gasteiger partial charge on any atom is 0.264 e. The molecule has 0 aliphatic carbocycles. The molecule has 1 heterocycles. The van der Waals surface area contributed by atoms with Crippen LogP contribution in [0.1, 0.15) is 30.9 Å². The molecule has 1 aliphatic rings. The highest BCUT2D eigenvalue weighted by atomic mass is 32.2. The van der Waals surface area contributed by atoms with E-state index in [1.54, 1.807) is 42.5 Å². The Morgan fingerprint density at radius 3 is 2.30 bits per heavy atom. The molecule has 0 atom stereocenters. The number of likely N-dealkylation sites (tertiary alicyclic amines) is 1. The second-order valence-corrected chi connectivity index (χ2v) is 10.6. The van der Waals surface area contributed by atoms with E-state index in [-0.39, 0.29) is 17.3 Å². The molecule has 4 rings (SSSR count). The molecule has 0 saturated carbocycles. The molecular formula is C28H31N3O5S. The summed E-state index contributed by atoms with van der Waals surface area (Å²) in [6.07, 6.45) is 1.42. The van der Waals surface area contributed by atoms with Gasteiger partial charge >= 0.3 is 0 Å². The standard InChI is InChI=1S/C28H31N3O5S/c1-2-36-25-16-14-24(15-17-25)31(37(34,35)26-11-4-3-5-12-26)21-27(32)29-19-22-9-6-7-10-23(22)20-30-18-8-13-28(30)33/h3-7,9-12,14-17H,2,8,13,18-21H2,1H3,(H,29,32). The summed E-state index contributed by atoms with van der Waals surface area (Å²) in [5.74, 6) is 0.303. The third kappa shape index (κ3) is 6.48. The molecule has 0 radical (unpaired) electrons. The lowest BCUT2D eigenvalue weighted by molar-refractivity contribution is -0.128. The molecule has 0 bridgehead atoms. The van der Waals surface area contributed by atoms with Gasteiger partial charge in [-0.3, -0.25) is 13.9 Å². The fraction of sp³-hybridized carbons (Fsp3) is 0.286. The lowest BCUT2D eigenvalue weighted by Crippen LogP contribution is -2.40. The Morgan fingerprint density at radius 2 is 1.65 bits per heavy atom. The summed E-state index contributed by atoms with van der Waals surface area (Å²) in [4.78, 5) is 27.0. The second-order valence-electron chi connectivity index (χ2n) is 8.72. The first-order valence-corrected chi connectivity index (χ1v) is 13.7. The first kappa shape index (κ1) is 26.2. The summed E-state index contributed by atoms with van der Waals surface area (Å²) < 4.78 is 33.6. The van der Waals surface area contributed by atoms with Gasteiger partial charge in [-0.05, 0) is 60.9 Å². The molecular weight excluding hydrogens is 490 g/mol. The van der Waals surface area contributed by atoms with Crippen LogP contribution < -0.4 is 14.4 Å². The van der Waals surface area contributed by atoms with Crippen LogP contribution in [0.2, 0.25) is 0 Å².